The Kier molecular flexibility index (Phi) is 5.59. The van der Waals surface area contributed by atoms with Crippen LogP contribution in [0.25, 0.3) is 0 Å². The number of hydrogen-bond acceptors (Lipinski definition) is 4. The van der Waals surface area contributed by atoms with Crippen LogP contribution in [0.3, 0.4) is 0 Å². The standard InChI is InChI=1S/C15H21ClN4O/c1-3-13(17)8-11-7-12(16)5-6-14(11)21-9-15-18-10-19-20(15)4-2/h5-7,10,13H,3-4,8-9,17H2,1-2H3. The topological polar surface area (TPSA) is 66.0 Å². The summed E-state index contributed by atoms with van der Waals surface area (Å²) >= 11 is 6.07. The first kappa shape index (κ1) is 15.8. The summed E-state index contributed by atoms with van der Waals surface area (Å²) in [6, 6.07) is 5.72. The molecule has 0 radical (unpaired) electrons. The minimum Gasteiger partial charge on any atom is -0.485 e. The van der Waals surface area contributed by atoms with E-state index in [1.54, 1.807) is 0 Å². The summed E-state index contributed by atoms with van der Waals surface area (Å²) in [6.45, 7) is 5.24. The molecule has 21 heavy (non-hydrogen) atoms. The van der Waals surface area contributed by atoms with Gasteiger partial charge in [0.05, 0.1) is 0 Å². The molecule has 0 amide bonds. The lowest BCUT2D eigenvalue weighted by atomic mass is 10.0. The zero-order valence-corrected chi connectivity index (χ0v) is 13.2. The van der Waals surface area contributed by atoms with Crippen molar-refractivity contribution in [1.82, 2.24) is 14.8 Å². The smallest absolute Gasteiger partial charge is 0.164 e. The highest BCUT2D eigenvalue weighted by atomic mass is 35.5. The van der Waals surface area contributed by atoms with Gasteiger partial charge in [-0.2, -0.15) is 5.10 Å². The number of halogens is 1. The summed E-state index contributed by atoms with van der Waals surface area (Å²) in [6.07, 6.45) is 3.20. The minimum atomic E-state index is 0.102. The summed E-state index contributed by atoms with van der Waals surface area (Å²) in [7, 11) is 0. The van der Waals surface area contributed by atoms with Gasteiger partial charge in [-0.3, -0.25) is 0 Å². The normalized spacial score (nSPS) is 12.4. The fourth-order valence-corrected chi connectivity index (χ4v) is 2.28. The van der Waals surface area contributed by atoms with Crippen LogP contribution in [0.5, 0.6) is 5.75 Å². The molecule has 0 saturated heterocycles. The van der Waals surface area contributed by atoms with Crippen molar-refractivity contribution in [2.75, 3.05) is 0 Å². The average molecular weight is 309 g/mol. The molecule has 0 aliphatic carbocycles. The van der Waals surface area contributed by atoms with Crippen LogP contribution in [0, 0.1) is 0 Å². The van der Waals surface area contributed by atoms with Crippen LogP contribution < -0.4 is 10.5 Å². The molecule has 0 aliphatic rings. The molecule has 114 valence electrons. The number of aryl methyl sites for hydroxylation is 1. The van der Waals surface area contributed by atoms with Crippen LogP contribution in [0.1, 0.15) is 31.7 Å². The number of aromatic nitrogens is 3. The quantitative estimate of drug-likeness (QED) is 0.854. The van der Waals surface area contributed by atoms with Gasteiger partial charge in [-0.25, -0.2) is 9.67 Å². The predicted octanol–water partition coefficient (Wildman–Crippen LogP) is 2.81. The van der Waals surface area contributed by atoms with Gasteiger partial charge in [0.1, 0.15) is 18.7 Å². The fraction of sp³-hybridized carbons (Fsp3) is 0.467. The lowest BCUT2D eigenvalue weighted by Gasteiger charge is -2.14. The van der Waals surface area contributed by atoms with Crippen LogP contribution >= 0.6 is 11.6 Å². The second kappa shape index (κ2) is 7.43. The molecule has 1 unspecified atom stereocenters. The number of hydrogen-bond donors (Lipinski definition) is 1. The van der Waals surface area contributed by atoms with Crippen molar-refractivity contribution < 1.29 is 4.74 Å². The van der Waals surface area contributed by atoms with E-state index < -0.39 is 0 Å². The van der Waals surface area contributed by atoms with Crippen molar-refractivity contribution in [2.24, 2.45) is 5.73 Å². The van der Waals surface area contributed by atoms with Gasteiger partial charge in [-0.1, -0.05) is 18.5 Å². The largest absolute Gasteiger partial charge is 0.485 e. The number of nitrogens with zero attached hydrogens (tertiary/aromatic N) is 3. The van der Waals surface area contributed by atoms with Gasteiger partial charge < -0.3 is 10.5 Å². The molecule has 0 fully saturated rings. The maximum absolute atomic E-state index is 6.07. The zero-order chi connectivity index (χ0) is 15.2. The fourth-order valence-electron chi connectivity index (χ4n) is 2.08. The second-order valence-electron chi connectivity index (χ2n) is 4.91. The number of rotatable bonds is 7. The summed E-state index contributed by atoms with van der Waals surface area (Å²) in [5.41, 5.74) is 7.06. The van der Waals surface area contributed by atoms with Crippen molar-refractivity contribution in [2.45, 2.75) is 45.9 Å². The van der Waals surface area contributed by atoms with E-state index in [0.29, 0.717) is 11.6 Å². The summed E-state index contributed by atoms with van der Waals surface area (Å²) in [4.78, 5) is 4.20. The zero-order valence-electron chi connectivity index (χ0n) is 12.4. The molecule has 1 heterocycles. The molecule has 0 spiro atoms. The van der Waals surface area contributed by atoms with Crippen LogP contribution in [0.4, 0.5) is 0 Å². The maximum atomic E-state index is 6.07. The highest BCUT2D eigenvalue weighted by Crippen LogP contribution is 2.25. The SMILES string of the molecule is CCC(N)Cc1cc(Cl)ccc1OCc1ncnn1CC. The van der Waals surface area contributed by atoms with E-state index in [1.165, 1.54) is 6.33 Å². The summed E-state index contributed by atoms with van der Waals surface area (Å²) in [5, 5.41) is 4.82. The molecule has 0 bridgehead atoms. The second-order valence-corrected chi connectivity index (χ2v) is 5.34. The highest BCUT2D eigenvalue weighted by molar-refractivity contribution is 6.30. The number of benzene rings is 1. The lowest BCUT2D eigenvalue weighted by Crippen LogP contribution is -2.21. The number of ether oxygens (including phenoxy) is 1. The van der Waals surface area contributed by atoms with Gasteiger partial charge in [-0.05, 0) is 43.5 Å². The van der Waals surface area contributed by atoms with Gasteiger partial charge in [0.25, 0.3) is 0 Å². The van der Waals surface area contributed by atoms with Crippen molar-refractivity contribution in [3.05, 3.63) is 40.9 Å². The molecular formula is C15H21ClN4O. The van der Waals surface area contributed by atoms with Crippen molar-refractivity contribution in [3.63, 3.8) is 0 Å². The maximum Gasteiger partial charge on any atom is 0.164 e. The van der Waals surface area contributed by atoms with E-state index in [9.17, 15) is 0 Å². The third-order valence-corrected chi connectivity index (χ3v) is 3.62. The van der Waals surface area contributed by atoms with Crippen LogP contribution in [0.15, 0.2) is 24.5 Å². The highest BCUT2D eigenvalue weighted by Gasteiger charge is 2.11. The van der Waals surface area contributed by atoms with Gasteiger partial charge in [0, 0.05) is 17.6 Å². The van der Waals surface area contributed by atoms with Crippen molar-refractivity contribution in [1.29, 1.82) is 0 Å². The summed E-state index contributed by atoms with van der Waals surface area (Å²) < 4.78 is 7.70. The van der Waals surface area contributed by atoms with Crippen molar-refractivity contribution >= 4 is 11.6 Å². The summed E-state index contributed by atoms with van der Waals surface area (Å²) in [5.74, 6) is 1.60. The Balaban J connectivity index is 2.12. The molecule has 1 atom stereocenters. The molecular weight excluding hydrogens is 288 g/mol. The first-order valence-electron chi connectivity index (χ1n) is 7.17. The van der Waals surface area contributed by atoms with Gasteiger partial charge in [0.2, 0.25) is 0 Å². The first-order valence-corrected chi connectivity index (χ1v) is 7.55. The number of nitrogens with two attached hydrogens (primary N) is 1. The molecule has 1 aromatic carbocycles. The Morgan fingerprint density at radius 1 is 1.38 bits per heavy atom. The Morgan fingerprint density at radius 3 is 2.90 bits per heavy atom. The Hall–Kier alpha value is -1.59. The molecule has 5 nitrogen and oxygen atoms in total. The van der Waals surface area contributed by atoms with E-state index in [1.807, 2.05) is 29.8 Å². The average Bonchev–Trinajstić information content (AvgIpc) is 2.93. The van der Waals surface area contributed by atoms with Crippen LogP contribution in [0.2, 0.25) is 5.02 Å². The third kappa shape index (κ3) is 4.19. The molecule has 2 aromatic rings. The van der Waals surface area contributed by atoms with Gasteiger partial charge >= 0.3 is 0 Å². The van der Waals surface area contributed by atoms with E-state index in [4.69, 9.17) is 22.1 Å². The first-order chi connectivity index (χ1) is 10.1. The van der Waals surface area contributed by atoms with E-state index in [2.05, 4.69) is 17.0 Å². The molecule has 2 rings (SSSR count). The van der Waals surface area contributed by atoms with E-state index in [-0.39, 0.29) is 6.04 Å². The van der Waals surface area contributed by atoms with Crippen LogP contribution in [-0.2, 0) is 19.6 Å². The van der Waals surface area contributed by atoms with Crippen LogP contribution in [-0.4, -0.2) is 20.8 Å². The monoisotopic (exact) mass is 308 g/mol. The molecule has 0 saturated carbocycles. The van der Waals surface area contributed by atoms with E-state index >= 15 is 0 Å². The third-order valence-electron chi connectivity index (χ3n) is 3.38. The molecule has 1 aromatic heterocycles. The Bertz CT molecular complexity index is 585. The molecule has 2 N–H and O–H groups in total. The molecule has 0 aliphatic heterocycles. The Morgan fingerprint density at radius 2 is 2.19 bits per heavy atom. The minimum absolute atomic E-state index is 0.102. The molecule has 6 heteroatoms. The predicted molar refractivity (Wildman–Crippen MR) is 83.5 cm³/mol. The lowest BCUT2D eigenvalue weighted by molar-refractivity contribution is 0.284. The Labute approximate surface area is 130 Å². The van der Waals surface area contributed by atoms with E-state index in [0.717, 1.165) is 36.5 Å². The van der Waals surface area contributed by atoms with Gasteiger partial charge in [0.15, 0.2) is 5.82 Å². The van der Waals surface area contributed by atoms with Crippen molar-refractivity contribution in [3.8, 4) is 5.75 Å². The van der Waals surface area contributed by atoms with Gasteiger partial charge in [-0.15, -0.1) is 0 Å².